The Morgan fingerprint density at radius 1 is 2.33 bits per heavy atom. The van der Waals surface area contributed by atoms with Crippen molar-refractivity contribution in [2.75, 3.05) is 6.50 Å². The maximum absolute atomic E-state index is 7.19. The van der Waals surface area contributed by atoms with Gasteiger partial charge in [0.1, 0.15) is 4.00 Å². The van der Waals surface area contributed by atoms with Crippen LogP contribution in [0.1, 0.15) is 31.9 Å². The highest BCUT2D eigenvalue weighted by atomic mass is 35.5. The summed E-state index contributed by atoms with van der Waals surface area (Å²) in [6.45, 7) is -6.80. The van der Waals surface area contributed by atoms with Gasteiger partial charge < -0.3 is 5.72 Å². The molecule has 0 radical (unpaired) electrons. The fourth-order valence-corrected chi connectivity index (χ4v) is 0.0280. The summed E-state index contributed by atoms with van der Waals surface area (Å²) in [6.07, 6.45) is -7.07. The van der Waals surface area contributed by atoms with Crippen LogP contribution >= 0.6 is 12.3 Å². The Labute approximate surface area is 62.0 Å². The van der Waals surface area contributed by atoms with Gasteiger partial charge in [-0.2, -0.15) is 0 Å². The molecule has 0 atom stereocenters. The van der Waals surface area contributed by atoms with Gasteiger partial charge >= 0.3 is 0 Å². The van der Waals surface area contributed by atoms with Crippen LogP contribution in [0.25, 0.3) is 0 Å². The molecule has 0 unspecified atom stereocenters. The molecule has 0 heterocycles. The monoisotopic (exact) mass is 121 g/mol. The summed E-state index contributed by atoms with van der Waals surface area (Å²) in [5, 5.41) is 0. The Hall–Kier alpha value is 0.250. The molecule has 0 aliphatic carbocycles. The van der Waals surface area contributed by atoms with Gasteiger partial charge in [-0.25, -0.2) is 0 Å². The van der Waals surface area contributed by atoms with Gasteiger partial charge in [0.05, 0.1) is 0 Å². The van der Waals surface area contributed by atoms with E-state index in [0.29, 0.717) is 0 Å². The van der Waals surface area contributed by atoms with Crippen LogP contribution in [0.2, 0.25) is 2.82 Å². The second-order valence-corrected chi connectivity index (χ2v) is 0.362. The van der Waals surface area contributed by atoms with Gasteiger partial charge in [0.25, 0.3) is 0 Å². The standard InChI is InChI=1S/C4H11N.ClH/c1-2-3-4-5;/h2-5H2,1H3;1H/i1D3,2D2,3D2,4D2;/hD3. The number of hydrogen-bond acceptors (Lipinski definition) is 1. The van der Waals surface area contributed by atoms with E-state index >= 15 is 0 Å². The number of halogens is 1. The van der Waals surface area contributed by atoms with E-state index in [2.05, 4.69) is 12.3 Å². The molecule has 0 aromatic rings. The lowest BCUT2D eigenvalue weighted by atomic mass is 10.3. The van der Waals surface area contributed by atoms with Crippen LogP contribution in [0.15, 0.2) is 0 Å². The molecular weight excluding hydrogens is 97.5 g/mol. The van der Waals surface area contributed by atoms with Gasteiger partial charge in [0.15, 0.2) is 0 Å². The summed E-state index contributed by atoms with van der Waals surface area (Å²) in [7, 11) is 0. The van der Waals surface area contributed by atoms with Crippen molar-refractivity contribution in [1.82, 2.24) is 0 Å². The summed E-state index contributed by atoms with van der Waals surface area (Å²) in [5.41, 5.74) is -0.684. The number of nitrogens with two attached hydrogens (primary N) is 1. The van der Waals surface area contributed by atoms with Crippen LogP contribution in [0.3, 0.4) is 0 Å². The summed E-state index contributed by atoms with van der Waals surface area (Å²) in [4.78, 5) is 0. The number of hydrogen-bond donors (Lipinski definition) is 1. The highest BCUT2D eigenvalue weighted by Crippen LogP contribution is 1.77. The minimum atomic E-state index is -3.55. The first kappa shape index (κ1) is 0.652. The molecule has 2 N–H and O–H groups in total. The van der Waals surface area contributed by atoms with E-state index in [4.69, 9.17) is 16.3 Å². The third-order valence-electron chi connectivity index (χ3n) is 0.118. The van der Waals surface area contributed by atoms with Crippen LogP contribution in [-0.4, -0.2) is 7.67 Å². The van der Waals surface area contributed by atoms with E-state index in [-0.39, 0.29) is 0 Å². The van der Waals surface area contributed by atoms with Crippen LogP contribution in [-0.2, 0) is 0 Å². The Balaban J connectivity index is 0. The minimum Gasteiger partial charge on any atom is -0.330 e. The highest BCUT2D eigenvalue weighted by molar-refractivity contribution is 5.85. The van der Waals surface area contributed by atoms with E-state index < -0.39 is 31.8 Å². The third kappa shape index (κ3) is 8.87. The van der Waals surface area contributed by atoms with Crippen molar-refractivity contribution >= 4 is 12.3 Å². The van der Waals surface area contributed by atoms with Crippen molar-refractivity contribution in [1.29, 1.82) is 1.17 Å². The molecule has 0 fully saturated rings. The van der Waals surface area contributed by atoms with Crippen LogP contribution < -0.4 is 5.72 Å². The van der Waals surface area contributed by atoms with Gasteiger partial charge in [-0.1, -0.05) is 13.2 Å². The molecular formula is C4H12ClN. The fraction of sp³-hybridized carbons (Fsp3) is 1.00. The molecule has 0 aliphatic rings. The normalized spacial score (nSPS) is 45.0. The second kappa shape index (κ2) is 8.98. The molecule has 0 saturated carbocycles. The maximum atomic E-state index is 7.19. The molecule has 1 nitrogen and oxygen atoms in total. The Morgan fingerprint density at radius 3 is 3.67 bits per heavy atom. The predicted octanol–water partition coefficient (Wildman–Crippen LogP) is 1.17. The van der Waals surface area contributed by atoms with Crippen molar-refractivity contribution in [2.45, 2.75) is 19.6 Å². The van der Waals surface area contributed by atoms with Crippen LogP contribution in [0.4, 0.5) is 0 Å². The molecule has 0 aliphatic heterocycles. The quantitative estimate of drug-likeness (QED) is 0.596. The summed E-state index contributed by atoms with van der Waals surface area (Å²) < 4.78 is 81.8. The molecule has 0 aromatic carbocycles. The molecule has 0 bridgehead atoms. The smallest absolute Gasteiger partial charge is 0.147 e. The Kier molecular flexibility index (Phi) is 0.976. The zero-order valence-corrected chi connectivity index (χ0v) is 3.58. The second-order valence-electron chi connectivity index (χ2n) is 0.362. The molecule has 0 aromatic heterocycles. The Morgan fingerprint density at radius 2 is 3.17 bits per heavy atom. The van der Waals surface area contributed by atoms with Crippen molar-refractivity contribution in [2.24, 2.45) is 5.72 Å². The topological polar surface area (TPSA) is 26.0 Å². The van der Waals surface area contributed by atoms with E-state index in [9.17, 15) is 0 Å². The van der Waals surface area contributed by atoms with E-state index in [1.54, 1.807) is 0 Å². The zero-order chi connectivity index (χ0) is 15.6. The van der Waals surface area contributed by atoms with Crippen molar-refractivity contribution in [3.63, 3.8) is 0 Å². The van der Waals surface area contributed by atoms with Crippen molar-refractivity contribution < 1.29 is 15.2 Å². The SMILES string of the molecule is [2H]Cl.[2H]N([2H])C([2H])([2H])C([2H])([2H])C([2H])([2H])C([2H])([2H])[2H]. The average Bonchev–Trinajstić information content (AvgIpc) is 2.18. The van der Waals surface area contributed by atoms with E-state index in [1.165, 1.54) is 0 Å². The lowest BCUT2D eigenvalue weighted by molar-refractivity contribution is 0.807. The van der Waals surface area contributed by atoms with Crippen LogP contribution in [0, 0.1) is 0 Å². The molecule has 40 valence electrons. The van der Waals surface area contributed by atoms with E-state index in [1.807, 2.05) is 0 Å². The van der Waals surface area contributed by atoms with Crippen molar-refractivity contribution in [3.05, 3.63) is 0 Å². The summed E-state index contributed by atoms with van der Waals surface area (Å²) in [6, 6.07) is 0. The van der Waals surface area contributed by atoms with Crippen LogP contribution in [0.5, 0.6) is 0 Å². The molecule has 0 saturated heterocycles. The molecule has 0 rings (SSSR count). The van der Waals surface area contributed by atoms with Gasteiger partial charge in [-0.15, -0.1) is 12.3 Å². The first-order valence-electron chi connectivity index (χ1n) is 6.75. The van der Waals surface area contributed by atoms with Gasteiger partial charge in [-0.3, -0.25) is 0 Å². The number of rotatable bonds is 3. The minimum absolute atomic E-state index is 0.684. The predicted molar refractivity (Wildman–Crippen MR) is 31.2 cm³/mol. The van der Waals surface area contributed by atoms with Gasteiger partial charge in [-0.05, 0) is 12.9 Å². The lowest BCUT2D eigenvalue weighted by Crippen LogP contribution is -1.95. The largest absolute Gasteiger partial charge is 0.330 e. The lowest BCUT2D eigenvalue weighted by Gasteiger charge is -1.80. The molecule has 0 spiro atoms. The maximum Gasteiger partial charge on any atom is 0.147 e. The van der Waals surface area contributed by atoms with Crippen molar-refractivity contribution in [3.8, 4) is 0 Å². The third-order valence-corrected chi connectivity index (χ3v) is 0.118. The Bertz CT molecular complexity index is 257. The van der Waals surface area contributed by atoms with Gasteiger partial charge in [0.2, 0.25) is 0 Å². The molecule has 0 amide bonds. The first-order chi connectivity index (χ1) is 7.69. The summed E-state index contributed by atoms with van der Waals surface area (Å²) in [5.74, 6) is 0. The fourth-order valence-electron chi connectivity index (χ4n) is 0.0280. The first-order valence-corrected chi connectivity index (χ1v) is 0.974. The molecule has 2 heteroatoms. The zero-order valence-electron chi connectivity index (χ0n) is 14.8. The highest BCUT2D eigenvalue weighted by Gasteiger charge is 1.67. The van der Waals surface area contributed by atoms with Gasteiger partial charge in [0, 0.05) is 12.3 Å². The van der Waals surface area contributed by atoms with E-state index in [0.717, 1.165) is 0 Å². The molecule has 6 heavy (non-hydrogen) atoms. The average molecular weight is 122 g/mol. The summed E-state index contributed by atoms with van der Waals surface area (Å²) >= 11 is 3.89.